The van der Waals surface area contributed by atoms with Gasteiger partial charge in [-0.1, -0.05) is 13.8 Å². The van der Waals surface area contributed by atoms with Gasteiger partial charge in [0.25, 0.3) is 5.91 Å². The van der Waals surface area contributed by atoms with Gasteiger partial charge in [-0.2, -0.15) is 0 Å². The van der Waals surface area contributed by atoms with Gasteiger partial charge in [-0.15, -0.1) is 0 Å². The van der Waals surface area contributed by atoms with Crippen molar-refractivity contribution in [2.45, 2.75) is 26.2 Å². The van der Waals surface area contributed by atoms with Crippen molar-refractivity contribution in [2.75, 3.05) is 32.4 Å². The first kappa shape index (κ1) is 14.8. The predicted molar refractivity (Wildman–Crippen MR) is 80.7 cm³/mol. The number of amides is 1. The van der Waals surface area contributed by atoms with E-state index < -0.39 is 0 Å². The average Bonchev–Trinajstić information content (AvgIpc) is 2.81. The summed E-state index contributed by atoms with van der Waals surface area (Å²) in [5.41, 5.74) is 7.24. The smallest absolute Gasteiger partial charge is 0.251 e. The molecule has 1 aliphatic rings. The van der Waals surface area contributed by atoms with Gasteiger partial charge in [-0.3, -0.25) is 4.79 Å². The molecule has 0 bridgehead atoms. The van der Waals surface area contributed by atoms with Gasteiger partial charge in [-0.25, -0.2) is 4.98 Å². The molecule has 110 valence electrons. The average molecular weight is 276 g/mol. The molecular formula is C15H24N4O. The number of rotatable bonds is 4. The van der Waals surface area contributed by atoms with Crippen molar-refractivity contribution in [3.8, 4) is 0 Å². The second-order valence-electron chi connectivity index (χ2n) is 5.99. The Balaban J connectivity index is 1.98. The van der Waals surface area contributed by atoms with Crippen LogP contribution in [0.5, 0.6) is 0 Å². The minimum absolute atomic E-state index is 0.0597. The van der Waals surface area contributed by atoms with Crippen molar-refractivity contribution in [1.82, 2.24) is 15.2 Å². The molecule has 0 spiro atoms. The summed E-state index contributed by atoms with van der Waals surface area (Å²) < 4.78 is 0. The van der Waals surface area contributed by atoms with Crippen molar-refractivity contribution in [2.24, 2.45) is 5.92 Å². The van der Waals surface area contributed by atoms with Crippen molar-refractivity contribution < 1.29 is 4.79 Å². The van der Waals surface area contributed by atoms with Crippen molar-refractivity contribution in [1.29, 1.82) is 0 Å². The molecule has 2 heterocycles. The molecule has 20 heavy (non-hydrogen) atoms. The second kappa shape index (κ2) is 6.22. The van der Waals surface area contributed by atoms with Crippen LogP contribution in [-0.4, -0.2) is 42.5 Å². The molecule has 0 radical (unpaired) electrons. The van der Waals surface area contributed by atoms with E-state index >= 15 is 0 Å². The summed E-state index contributed by atoms with van der Waals surface area (Å²) in [7, 11) is 2.11. The fraction of sp³-hybridized carbons (Fsp3) is 0.600. The number of carbonyl (C=O) groups is 1. The second-order valence-corrected chi connectivity index (χ2v) is 5.99. The van der Waals surface area contributed by atoms with Crippen LogP contribution < -0.4 is 11.1 Å². The first-order valence-electron chi connectivity index (χ1n) is 7.20. The maximum absolute atomic E-state index is 12.2. The van der Waals surface area contributed by atoms with E-state index in [-0.39, 0.29) is 11.8 Å². The molecule has 5 heteroatoms. The highest BCUT2D eigenvalue weighted by atomic mass is 16.1. The minimum Gasteiger partial charge on any atom is -0.384 e. The number of nitrogens with two attached hydrogens (primary N) is 1. The van der Waals surface area contributed by atoms with E-state index in [2.05, 4.69) is 22.2 Å². The van der Waals surface area contributed by atoms with Crippen molar-refractivity contribution in [3.63, 3.8) is 0 Å². The van der Waals surface area contributed by atoms with Gasteiger partial charge in [0.05, 0.1) is 0 Å². The van der Waals surface area contributed by atoms with E-state index in [9.17, 15) is 4.79 Å². The topological polar surface area (TPSA) is 71.2 Å². The van der Waals surface area contributed by atoms with Crippen LogP contribution in [-0.2, 0) is 0 Å². The number of nitrogens with zero attached hydrogens (tertiary/aromatic N) is 2. The van der Waals surface area contributed by atoms with E-state index in [1.165, 1.54) is 0 Å². The Labute approximate surface area is 120 Å². The number of anilines is 1. The molecule has 3 N–H and O–H groups in total. The van der Waals surface area contributed by atoms with Crippen LogP contribution in [0.1, 0.15) is 42.2 Å². The molecule has 1 aliphatic heterocycles. The van der Waals surface area contributed by atoms with Crippen LogP contribution in [0.4, 0.5) is 5.82 Å². The largest absolute Gasteiger partial charge is 0.384 e. The molecule has 1 amide bonds. The lowest BCUT2D eigenvalue weighted by Gasteiger charge is -2.13. The number of aromatic nitrogens is 1. The maximum atomic E-state index is 12.2. The summed E-state index contributed by atoms with van der Waals surface area (Å²) in [6, 6.07) is 3.47. The summed E-state index contributed by atoms with van der Waals surface area (Å²) in [5.74, 6) is 1.15. The number of nitrogens with one attached hydrogen (secondary N) is 1. The molecule has 1 saturated heterocycles. The fourth-order valence-corrected chi connectivity index (χ4v) is 2.53. The van der Waals surface area contributed by atoms with E-state index in [4.69, 9.17) is 5.73 Å². The zero-order chi connectivity index (χ0) is 14.7. The van der Waals surface area contributed by atoms with Crippen LogP contribution in [0.2, 0.25) is 0 Å². The summed E-state index contributed by atoms with van der Waals surface area (Å²) in [5, 5.41) is 3.01. The number of pyridine rings is 1. The molecule has 2 rings (SSSR count). The normalized spacial score (nSPS) is 19.5. The Morgan fingerprint density at radius 3 is 2.90 bits per heavy atom. The molecule has 5 nitrogen and oxygen atoms in total. The highest BCUT2D eigenvalue weighted by Gasteiger charge is 2.20. The molecule has 0 aliphatic carbocycles. The third-order valence-corrected chi connectivity index (χ3v) is 3.76. The van der Waals surface area contributed by atoms with E-state index in [0.717, 1.165) is 31.7 Å². The molecule has 1 unspecified atom stereocenters. The minimum atomic E-state index is -0.0597. The molecule has 1 aromatic rings. The maximum Gasteiger partial charge on any atom is 0.251 e. The van der Waals surface area contributed by atoms with Gasteiger partial charge < -0.3 is 16.0 Å². The molecule has 1 fully saturated rings. The quantitative estimate of drug-likeness (QED) is 0.873. The van der Waals surface area contributed by atoms with E-state index in [1.54, 1.807) is 6.07 Å². The lowest BCUT2D eigenvalue weighted by molar-refractivity contribution is 0.0947. The summed E-state index contributed by atoms with van der Waals surface area (Å²) in [4.78, 5) is 18.7. The number of carbonyl (C=O) groups excluding carboxylic acids is 1. The molecule has 1 aromatic heterocycles. The van der Waals surface area contributed by atoms with E-state index in [0.29, 0.717) is 17.3 Å². The van der Waals surface area contributed by atoms with Gasteiger partial charge in [0.15, 0.2) is 0 Å². The van der Waals surface area contributed by atoms with Crippen molar-refractivity contribution in [3.05, 3.63) is 23.4 Å². The molecule has 0 aromatic carbocycles. The van der Waals surface area contributed by atoms with Gasteiger partial charge in [0, 0.05) is 24.3 Å². The molecule has 1 atom stereocenters. The number of hydrogen-bond acceptors (Lipinski definition) is 4. The number of nitrogen functional groups attached to an aromatic ring is 1. The lowest BCUT2D eigenvalue weighted by Crippen LogP contribution is -2.30. The zero-order valence-electron chi connectivity index (χ0n) is 12.5. The Morgan fingerprint density at radius 2 is 2.30 bits per heavy atom. The Kier molecular flexibility index (Phi) is 4.60. The number of likely N-dealkylation sites (tertiary alicyclic amines) is 1. The summed E-state index contributed by atoms with van der Waals surface area (Å²) in [6.07, 6.45) is 1.15. The lowest BCUT2D eigenvalue weighted by atomic mass is 10.1. The fourth-order valence-electron chi connectivity index (χ4n) is 2.53. The van der Waals surface area contributed by atoms with Crippen LogP contribution in [0.15, 0.2) is 12.1 Å². The zero-order valence-corrected chi connectivity index (χ0v) is 12.5. The Morgan fingerprint density at radius 1 is 1.55 bits per heavy atom. The first-order chi connectivity index (χ1) is 9.45. The van der Waals surface area contributed by atoms with Gasteiger partial charge >= 0.3 is 0 Å². The van der Waals surface area contributed by atoms with Gasteiger partial charge in [0.1, 0.15) is 5.82 Å². The third kappa shape index (κ3) is 3.70. The van der Waals surface area contributed by atoms with E-state index in [1.807, 2.05) is 19.9 Å². The predicted octanol–water partition coefficient (Wildman–Crippen LogP) is 1.47. The monoisotopic (exact) mass is 276 g/mol. The number of hydrogen-bond donors (Lipinski definition) is 2. The van der Waals surface area contributed by atoms with Crippen molar-refractivity contribution >= 4 is 11.7 Å². The summed E-state index contributed by atoms with van der Waals surface area (Å²) >= 11 is 0. The SMILES string of the molecule is CC(C)c1cc(C(=O)NCC2CCN(C)C2)cc(N)n1. The first-order valence-corrected chi connectivity index (χ1v) is 7.20. The van der Waals surface area contributed by atoms with Gasteiger partial charge in [-0.05, 0) is 44.0 Å². The van der Waals surface area contributed by atoms with Gasteiger partial charge in [0.2, 0.25) is 0 Å². The van der Waals surface area contributed by atoms with Crippen LogP contribution in [0.25, 0.3) is 0 Å². The van der Waals surface area contributed by atoms with Crippen LogP contribution in [0.3, 0.4) is 0 Å². The van der Waals surface area contributed by atoms with Crippen LogP contribution >= 0.6 is 0 Å². The standard InChI is InChI=1S/C15H24N4O/c1-10(2)13-6-12(7-14(16)18-13)15(20)17-8-11-4-5-19(3)9-11/h6-7,10-11H,4-5,8-9H2,1-3H3,(H2,16,18)(H,17,20). The highest BCUT2D eigenvalue weighted by Crippen LogP contribution is 2.17. The Bertz CT molecular complexity index is 487. The Hall–Kier alpha value is -1.62. The summed E-state index contributed by atoms with van der Waals surface area (Å²) in [6.45, 7) is 6.97. The van der Waals surface area contributed by atoms with Crippen LogP contribution in [0, 0.1) is 5.92 Å². The molecular weight excluding hydrogens is 252 g/mol. The third-order valence-electron chi connectivity index (χ3n) is 3.76. The molecule has 0 saturated carbocycles. The highest BCUT2D eigenvalue weighted by molar-refractivity contribution is 5.94.